The first-order valence-electron chi connectivity index (χ1n) is 4.55. The molecule has 72 valence electrons. The molecule has 4 heteroatoms. The van der Waals surface area contributed by atoms with Crippen molar-refractivity contribution in [2.24, 2.45) is 0 Å². The molecule has 12 heavy (non-hydrogen) atoms. The first-order valence-corrected chi connectivity index (χ1v) is 6.02. The van der Waals surface area contributed by atoms with E-state index in [1.807, 2.05) is 6.92 Å². The second-order valence-electron chi connectivity index (χ2n) is 3.22. The van der Waals surface area contributed by atoms with E-state index in [1.165, 1.54) is 0 Å². The Kier molecular flexibility index (Phi) is 3.53. The molecule has 0 heterocycles. The van der Waals surface area contributed by atoms with Crippen LogP contribution in [0.15, 0.2) is 0 Å². The van der Waals surface area contributed by atoms with Gasteiger partial charge in [-0.25, -0.2) is 0 Å². The van der Waals surface area contributed by atoms with E-state index >= 15 is 0 Å². The molecule has 1 aliphatic rings. The average Bonchev–Trinajstić information content (AvgIpc) is 1.82. The monoisotopic (exact) mass is 192 g/mol. The third-order valence-corrected chi connectivity index (χ3v) is 3.99. The van der Waals surface area contributed by atoms with Gasteiger partial charge < -0.3 is 0 Å². The molecule has 1 fully saturated rings. The van der Waals surface area contributed by atoms with Crippen LogP contribution >= 0.6 is 0 Å². The number of hydrogen-bond acceptors (Lipinski definition) is 3. The second kappa shape index (κ2) is 4.23. The Morgan fingerprint density at radius 3 is 2.50 bits per heavy atom. The number of rotatable bonds is 5. The zero-order chi connectivity index (χ0) is 9.03. The molecule has 0 atom stereocenters. The first kappa shape index (κ1) is 9.99. The van der Waals surface area contributed by atoms with Crippen LogP contribution < -0.4 is 0 Å². The van der Waals surface area contributed by atoms with Crippen LogP contribution in [-0.4, -0.2) is 20.3 Å². The van der Waals surface area contributed by atoms with Gasteiger partial charge in [0.2, 0.25) is 0 Å². The molecule has 0 radical (unpaired) electrons. The normalized spacial score (nSPS) is 19.1. The van der Waals surface area contributed by atoms with Crippen molar-refractivity contribution in [3.63, 3.8) is 0 Å². The standard InChI is InChI=1S/C8H16O3S/c1-2-3-7-11-12(9,10)8-5-4-6-8/h8H,2-7H2,1H3. The van der Waals surface area contributed by atoms with Crippen LogP contribution in [0.5, 0.6) is 0 Å². The summed E-state index contributed by atoms with van der Waals surface area (Å²) in [7, 11) is -3.20. The molecule has 1 rings (SSSR count). The highest BCUT2D eigenvalue weighted by atomic mass is 32.2. The maximum absolute atomic E-state index is 11.3. The lowest BCUT2D eigenvalue weighted by Crippen LogP contribution is -2.30. The first-order chi connectivity index (χ1) is 5.67. The molecule has 0 bridgehead atoms. The van der Waals surface area contributed by atoms with Crippen LogP contribution in [0.2, 0.25) is 0 Å². The van der Waals surface area contributed by atoms with Crippen LogP contribution in [0.4, 0.5) is 0 Å². The molecule has 0 aromatic heterocycles. The molecule has 0 aromatic rings. The highest BCUT2D eigenvalue weighted by Crippen LogP contribution is 2.27. The fraction of sp³-hybridized carbons (Fsp3) is 1.00. The Balaban J connectivity index is 2.28. The fourth-order valence-corrected chi connectivity index (χ4v) is 2.53. The van der Waals surface area contributed by atoms with E-state index in [2.05, 4.69) is 0 Å². The molecule has 0 saturated heterocycles. The number of unbranched alkanes of at least 4 members (excludes halogenated alkanes) is 1. The molecule has 0 N–H and O–H groups in total. The van der Waals surface area contributed by atoms with Crippen molar-refractivity contribution in [2.45, 2.75) is 44.3 Å². The zero-order valence-electron chi connectivity index (χ0n) is 7.45. The minimum Gasteiger partial charge on any atom is -0.270 e. The SMILES string of the molecule is CCCCOS(=O)(=O)C1CCC1. The summed E-state index contributed by atoms with van der Waals surface area (Å²) in [5.41, 5.74) is 0. The molecule has 0 amide bonds. The second-order valence-corrected chi connectivity index (χ2v) is 5.11. The van der Waals surface area contributed by atoms with Gasteiger partial charge in [0, 0.05) is 0 Å². The van der Waals surface area contributed by atoms with Gasteiger partial charge in [0.05, 0.1) is 11.9 Å². The van der Waals surface area contributed by atoms with Gasteiger partial charge in [-0.2, -0.15) is 8.42 Å². The highest BCUT2D eigenvalue weighted by Gasteiger charge is 2.31. The van der Waals surface area contributed by atoms with Gasteiger partial charge in [-0.05, 0) is 19.3 Å². The van der Waals surface area contributed by atoms with E-state index in [0.29, 0.717) is 6.61 Å². The lowest BCUT2D eigenvalue weighted by atomic mass is 10.0. The summed E-state index contributed by atoms with van der Waals surface area (Å²) in [6.45, 7) is 2.37. The topological polar surface area (TPSA) is 43.4 Å². The minimum atomic E-state index is -3.20. The smallest absolute Gasteiger partial charge is 0.270 e. The lowest BCUT2D eigenvalue weighted by molar-refractivity contribution is 0.292. The van der Waals surface area contributed by atoms with Crippen molar-refractivity contribution in [2.75, 3.05) is 6.61 Å². The van der Waals surface area contributed by atoms with Crippen molar-refractivity contribution in [3.05, 3.63) is 0 Å². The van der Waals surface area contributed by atoms with E-state index in [4.69, 9.17) is 4.18 Å². The summed E-state index contributed by atoms with van der Waals surface area (Å²) < 4.78 is 27.4. The maximum Gasteiger partial charge on any atom is 0.270 e. The third kappa shape index (κ3) is 2.45. The fourth-order valence-electron chi connectivity index (χ4n) is 1.08. The van der Waals surface area contributed by atoms with Crippen molar-refractivity contribution in [1.82, 2.24) is 0 Å². The number of hydrogen-bond donors (Lipinski definition) is 0. The van der Waals surface area contributed by atoms with Gasteiger partial charge >= 0.3 is 0 Å². The largest absolute Gasteiger partial charge is 0.270 e. The summed E-state index contributed by atoms with van der Waals surface area (Å²) in [6.07, 6.45) is 4.40. The van der Waals surface area contributed by atoms with Gasteiger partial charge in [-0.3, -0.25) is 4.18 Å². The van der Waals surface area contributed by atoms with Crippen LogP contribution in [0.25, 0.3) is 0 Å². The third-order valence-electron chi connectivity index (χ3n) is 2.21. The molecular formula is C8H16O3S. The molecule has 0 unspecified atom stereocenters. The Labute approximate surface area is 74.2 Å². The molecule has 1 saturated carbocycles. The van der Waals surface area contributed by atoms with Gasteiger partial charge in [0.15, 0.2) is 0 Å². The van der Waals surface area contributed by atoms with Crippen LogP contribution in [0, 0.1) is 0 Å². The minimum absolute atomic E-state index is 0.200. The predicted molar refractivity (Wildman–Crippen MR) is 47.4 cm³/mol. The molecule has 3 nitrogen and oxygen atoms in total. The molecule has 0 aliphatic heterocycles. The van der Waals surface area contributed by atoms with Crippen molar-refractivity contribution in [1.29, 1.82) is 0 Å². The quantitative estimate of drug-likeness (QED) is 0.491. The summed E-state index contributed by atoms with van der Waals surface area (Å²) in [6, 6.07) is 0. The van der Waals surface area contributed by atoms with Crippen molar-refractivity contribution in [3.8, 4) is 0 Å². The van der Waals surface area contributed by atoms with Crippen LogP contribution in [0.3, 0.4) is 0 Å². The van der Waals surface area contributed by atoms with Gasteiger partial charge in [-0.1, -0.05) is 19.8 Å². The summed E-state index contributed by atoms with van der Waals surface area (Å²) in [5.74, 6) is 0. The molecule has 0 spiro atoms. The highest BCUT2D eigenvalue weighted by molar-refractivity contribution is 7.87. The summed E-state index contributed by atoms with van der Waals surface area (Å²) in [4.78, 5) is 0. The molecular weight excluding hydrogens is 176 g/mol. The van der Waals surface area contributed by atoms with E-state index in [9.17, 15) is 8.42 Å². The Bertz CT molecular complexity index is 216. The Morgan fingerprint density at radius 2 is 2.08 bits per heavy atom. The Hall–Kier alpha value is -0.0900. The Morgan fingerprint density at radius 1 is 1.42 bits per heavy atom. The summed E-state index contributed by atoms with van der Waals surface area (Å²) >= 11 is 0. The van der Waals surface area contributed by atoms with E-state index in [0.717, 1.165) is 32.1 Å². The van der Waals surface area contributed by atoms with E-state index in [-0.39, 0.29) is 5.25 Å². The average molecular weight is 192 g/mol. The van der Waals surface area contributed by atoms with E-state index < -0.39 is 10.1 Å². The zero-order valence-corrected chi connectivity index (χ0v) is 8.27. The van der Waals surface area contributed by atoms with Gasteiger partial charge in [0.25, 0.3) is 10.1 Å². The van der Waals surface area contributed by atoms with E-state index in [1.54, 1.807) is 0 Å². The van der Waals surface area contributed by atoms with Gasteiger partial charge in [-0.15, -0.1) is 0 Å². The molecule has 0 aromatic carbocycles. The lowest BCUT2D eigenvalue weighted by Gasteiger charge is -2.24. The van der Waals surface area contributed by atoms with Crippen molar-refractivity contribution >= 4 is 10.1 Å². The molecule has 1 aliphatic carbocycles. The van der Waals surface area contributed by atoms with Gasteiger partial charge in [0.1, 0.15) is 0 Å². The van der Waals surface area contributed by atoms with Crippen LogP contribution in [0.1, 0.15) is 39.0 Å². The van der Waals surface area contributed by atoms with Crippen molar-refractivity contribution < 1.29 is 12.6 Å². The predicted octanol–water partition coefficient (Wildman–Crippen LogP) is 1.69. The maximum atomic E-state index is 11.3. The van der Waals surface area contributed by atoms with Crippen LogP contribution in [-0.2, 0) is 14.3 Å². The summed E-state index contributed by atoms with van der Waals surface area (Å²) in [5, 5.41) is -0.200.